The van der Waals surface area contributed by atoms with Crippen LogP contribution >= 0.6 is 50.9 Å². The molecule has 6 heteroatoms. The van der Waals surface area contributed by atoms with E-state index in [1.807, 2.05) is 24.3 Å². The Bertz CT molecular complexity index is 647. The Balaban J connectivity index is 1.79. The molecule has 0 amide bonds. The van der Waals surface area contributed by atoms with Crippen LogP contribution < -0.4 is 0 Å². The second kappa shape index (κ2) is 6.22. The number of hydrogen-bond donors (Lipinski definition) is 0. The van der Waals surface area contributed by atoms with Crippen LogP contribution in [0.1, 0.15) is 30.3 Å². The highest BCUT2D eigenvalue weighted by atomic mass is 79.9. The van der Waals surface area contributed by atoms with E-state index in [9.17, 15) is 0 Å². The van der Waals surface area contributed by atoms with Crippen LogP contribution in [0.4, 0.5) is 0 Å². The normalized spacial score (nSPS) is 14.6. The van der Waals surface area contributed by atoms with Crippen LogP contribution in [0.15, 0.2) is 33.6 Å². The minimum Gasteiger partial charge on any atom is -0.235 e. The topological polar surface area (TPSA) is 25.8 Å². The Morgan fingerprint density at radius 2 is 1.95 bits per heavy atom. The van der Waals surface area contributed by atoms with Crippen molar-refractivity contribution < 1.29 is 0 Å². The van der Waals surface area contributed by atoms with E-state index < -0.39 is 0 Å². The molecule has 1 aliphatic rings. The molecule has 2 nitrogen and oxygen atoms in total. The van der Waals surface area contributed by atoms with Gasteiger partial charge in [0.2, 0.25) is 0 Å². The predicted molar refractivity (Wildman–Crippen MR) is 87.7 cm³/mol. The number of aromatic nitrogens is 2. The Morgan fingerprint density at radius 3 is 2.65 bits per heavy atom. The van der Waals surface area contributed by atoms with E-state index >= 15 is 0 Å². The van der Waals surface area contributed by atoms with Crippen LogP contribution in [0.2, 0.25) is 10.2 Å². The minimum absolute atomic E-state index is 0.497. The Kier molecular flexibility index (Phi) is 4.55. The first-order chi connectivity index (χ1) is 9.65. The van der Waals surface area contributed by atoms with E-state index in [2.05, 4.69) is 25.9 Å². The van der Waals surface area contributed by atoms with Gasteiger partial charge in [0.1, 0.15) is 11.0 Å². The highest BCUT2D eigenvalue weighted by molar-refractivity contribution is 9.10. The van der Waals surface area contributed by atoms with Crippen LogP contribution in [0.25, 0.3) is 0 Å². The highest BCUT2D eigenvalue weighted by Crippen LogP contribution is 2.43. The van der Waals surface area contributed by atoms with Crippen molar-refractivity contribution >= 4 is 50.9 Å². The SMILES string of the molecule is Clc1ccccc1SCc1nc(Cl)c(Br)c(C2CC2)n1. The molecule has 2 aromatic rings. The third-order valence-electron chi connectivity index (χ3n) is 3.04. The number of nitrogens with zero attached hydrogens (tertiary/aromatic N) is 2. The summed E-state index contributed by atoms with van der Waals surface area (Å²) < 4.78 is 0.841. The van der Waals surface area contributed by atoms with E-state index in [1.165, 1.54) is 12.8 Å². The molecule has 1 aliphatic carbocycles. The van der Waals surface area contributed by atoms with Crippen molar-refractivity contribution in [3.05, 3.63) is 50.4 Å². The van der Waals surface area contributed by atoms with Crippen molar-refractivity contribution in [2.45, 2.75) is 29.4 Å². The Hall–Kier alpha value is -0.290. The fourth-order valence-corrected chi connectivity index (χ4v) is 3.67. The summed E-state index contributed by atoms with van der Waals surface area (Å²) in [6.45, 7) is 0. The van der Waals surface area contributed by atoms with Crippen LogP contribution in [0.3, 0.4) is 0 Å². The van der Waals surface area contributed by atoms with Crippen LogP contribution in [-0.2, 0) is 5.75 Å². The number of halogens is 3. The first kappa shape index (κ1) is 14.6. The summed E-state index contributed by atoms with van der Waals surface area (Å²) in [6, 6.07) is 7.77. The molecule has 0 N–H and O–H groups in total. The lowest BCUT2D eigenvalue weighted by atomic mass is 10.3. The standard InChI is InChI=1S/C14H11BrCl2N2S/c15-12-13(8-5-6-8)18-11(19-14(12)17)7-20-10-4-2-1-3-9(10)16/h1-4,8H,5-7H2. The molecule has 1 saturated carbocycles. The number of benzene rings is 1. The molecular formula is C14H11BrCl2N2S. The molecule has 0 unspecified atom stereocenters. The summed E-state index contributed by atoms with van der Waals surface area (Å²) in [6.07, 6.45) is 2.37. The zero-order valence-corrected chi connectivity index (χ0v) is 14.4. The van der Waals surface area contributed by atoms with E-state index in [0.717, 1.165) is 25.9 Å². The number of thioether (sulfide) groups is 1. The Morgan fingerprint density at radius 1 is 1.20 bits per heavy atom. The van der Waals surface area contributed by atoms with E-state index in [4.69, 9.17) is 23.2 Å². The summed E-state index contributed by atoms with van der Waals surface area (Å²) in [5.41, 5.74) is 1.04. The van der Waals surface area contributed by atoms with Gasteiger partial charge in [0.25, 0.3) is 0 Å². The van der Waals surface area contributed by atoms with Crippen LogP contribution in [0.5, 0.6) is 0 Å². The molecular weight excluding hydrogens is 379 g/mol. The molecule has 1 aromatic carbocycles. The molecule has 0 saturated heterocycles. The maximum Gasteiger partial charge on any atom is 0.147 e. The fraction of sp³-hybridized carbons (Fsp3) is 0.286. The molecule has 3 rings (SSSR count). The van der Waals surface area contributed by atoms with Gasteiger partial charge in [-0.2, -0.15) is 0 Å². The van der Waals surface area contributed by atoms with Gasteiger partial charge in [-0.25, -0.2) is 9.97 Å². The molecule has 1 fully saturated rings. The summed E-state index contributed by atoms with van der Waals surface area (Å²) in [5.74, 6) is 1.95. The first-order valence-corrected chi connectivity index (χ1v) is 8.77. The largest absolute Gasteiger partial charge is 0.235 e. The zero-order valence-electron chi connectivity index (χ0n) is 10.4. The monoisotopic (exact) mass is 388 g/mol. The quantitative estimate of drug-likeness (QED) is 0.494. The highest BCUT2D eigenvalue weighted by Gasteiger charge is 2.29. The smallest absolute Gasteiger partial charge is 0.147 e. The van der Waals surface area contributed by atoms with Crippen molar-refractivity contribution in [3.63, 3.8) is 0 Å². The molecule has 1 heterocycles. The van der Waals surface area contributed by atoms with Gasteiger partial charge in [0, 0.05) is 10.8 Å². The van der Waals surface area contributed by atoms with Gasteiger partial charge >= 0.3 is 0 Å². The first-order valence-electron chi connectivity index (χ1n) is 6.24. The third-order valence-corrected chi connectivity index (χ3v) is 5.83. The molecule has 0 spiro atoms. The number of rotatable bonds is 4. The van der Waals surface area contributed by atoms with E-state index in [0.29, 0.717) is 16.8 Å². The summed E-state index contributed by atoms with van der Waals surface area (Å²) in [7, 11) is 0. The maximum atomic E-state index is 6.17. The minimum atomic E-state index is 0.497. The van der Waals surface area contributed by atoms with Crippen LogP contribution in [-0.4, -0.2) is 9.97 Å². The second-order valence-corrected chi connectivity index (χ2v) is 7.20. The average Bonchev–Trinajstić information content (AvgIpc) is 3.26. The zero-order chi connectivity index (χ0) is 14.1. The summed E-state index contributed by atoms with van der Waals surface area (Å²) >= 11 is 17.4. The maximum absolute atomic E-state index is 6.17. The fourth-order valence-electron chi connectivity index (χ4n) is 1.88. The molecule has 0 aliphatic heterocycles. The van der Waals surface area contributed by atoms with Gasteiger partial charge in [0.05, 0.1) is 20.9 Å². The lowest BCUT2D eigenvalue weighted by Crippen LogP contribution is -1.99. The molecule has 0 atom stereocenters. The summed E-state index contributed by atoms with van der Waals surface area (Å²) in [5, 5.41) is 1.25. The van der Waals surface area contributed by atoms with Gasteiger partial charge in [-0.1, -0.05) is 35.3 Å². The van der Waals surface area contributed by atoms with Gasteiger partial charge < -0.3 is 0 Å². The van der Waals surface area contributed by atoms with Crippen molar-refractivity contribution in [3.8, 4) is 0 Å². The van der Waals surface area contributed by atoms with Crippen molar-refractivity contribution in [2.75, 3.05) is 0 Å². The van der Waals surface area contributed by atoms with E-state index in [1.54, 1.807) is 11.8 Å². The molecule has 0 radical (unpaired) electrons. The van der Waals surface area contributed by atoms with Crippen molar-refractivity contribution in [2.24, 2.45) is 0 Å². The lowest BCUT2D eigenvalue weighted by molar-refractivity contribution is 0.920. The number of hydrogen-bond acceptors (Lipinski definition) is 3. The van der Waals surface area contributed by atoms with Crippen molar-refractivity contribution in [1.29, 1.82) is 0 Å². The average molecular weight is 390 g/mol. The van der Waals surface area contributed by atoms with Gasteiger partial charge in [-0.05, 0) is 40.9 Å². The van der Waals surface area contributed by atoms with Crippen LogP contribution in [0, 0.1) is 0 Å². The predicted octanol–water partition coefficient (Wildman–Crippen LogP) is 5.72. The lowest BCUT2D eigenvalue weighted by Gasteiger charge is -2.08. The molecule has 1 aromatic heterocycles. The third kappa shape index (κ3) is 3.30. The Labute approximate surface area is 140 Å². The van der Waals surface area contributed by atoms with E-state index in [-0.39, 0.29) is 0 Å². The molecule has 104 valence electrons. The molecule has 20 heavy (non-hydrogen) atoms. The second-order valence-electron chi connectivity index (χ2n) is 4.62. The van der Waals surface area contributed by atoms with Gasteiger partial charge in [-0.15, -0.1) is 11.8 Å². The van der Waals surface area contributed by atoms with Crippen molar-refractivity contribution in [1.82, 2.24) is 9.97 Å². The van der Waals surface area contributed by atoms with Gasteiger partial charge in [-0.3, -0.25) is 0 Å². The molecule has 0 bridgehead atoms. The van der Waals surface area contributed by atoms with Gasteiger partial charge in [0.15, 0.2) is 0 Å². The summed E-state index contributed by atoms with van der Waals surface area (Å²) in [4.78, 5) is 10.00.